The first kappa shape index (κ1) is 28.4. The first-order valence-corrected chi connectivity index (χ1v) is 16.7. The Hall–Kier alpha value is -1.12. The molecule has 1 unspecified atom stereocenters. The highest BCUT2D eigenvalue weighted by Crippen LogP contribution is 2.47. The van der Waals surface area contributed by atoms with Crippen LogP contribution in [0.5, 0.6) is 5.75 Å². The molecular weight excluding hydrogens is 474 g/mol. The predicted molar refractivity (Wildman–Crippen MR) is 154 cm³/mol. The summed E-state index contributed by atoms with van der Waals surface area (Å²) in [6.45, 7) is 4.58. The van der Waals surface area contributed by atoms with Gasteiger partial charge in [-0.05, 0) is 117 Å². The van der Waals surface area contributed by atoms with E-state index in [0.717, 1.165) is 54.9 Å². The van der Waals surface area contributed by atoms with Crippen molar-refractivity contribution in [2.24, 2.45) is 29.6 Å². The van der Waals surface area contributed by atoms with E-state index in [-0.39, 0.29) is 17.8 Å². The summed E-state index contributed by atoms with van der Waals surface area (Å²) in [5.41, 5.74) is 1.56. The van der Waals surface area contributed by atoms with Gasteiger partial charge in [0, 0.05) is 0 Å². The molecule has 1 heterocycles. The third-order valence-electron chi connectivity index (χ3n) is 11.3. The predicted octanol–water partition coefficient (Wildman–Crippen LogP) is 10.9. The van der Waals surface area contributed by atoms with Gasteiger partial charge in [-0.1, -0.05) is 78.1 Å². The lowest BCUT2D eigenvalue weighted by Crippen LogP contribution is -2.34. The minimum absolute atomic E-state index is 0.0571. The molecule has 0 amide bonds. The molecule has 1 atom stereocenters. The molecule has 0 bridgehead atoms. The van der Waals surface area contributed by atoms with Crippen molar-refractivity contribution in [3.05, 3.63) is 28.8 Å². The molecular formula is C35H54F2O. The summed E-state index contributed by atoms with van der Waals surface area (Å²) >= 11 is 0. The van der Waals surface area contributed by atoms with E-state index >= 15 is 8.78 Å². The zero-order chi connectivity index (χ0) is 26.5. The summed E-state index contributed by atoms with van der Waals surface area (Å²) in [6, 6.07) is 2.00. The van der Waals surface area contributed by atoms with Gasteiger partial charge in [0.1, 0.15) is 6.10 Å². The van der Waals surface area contributed by atoms with Gasteiger partial charge in [-0.3, -0.25) is 0 Å². The Morgan fingerprint density at radius 3 is 1.89 bits per heavy atom. The summed E-state index contributed by atoms with van der Waals surface area (Å²) in [6.07, 6.45) is 24.8. The van der Waals surface area contributed by atoms with Crippen LogP contribution in [0.3, 0.4) is 0 Å². The van der Waals surface area contributed by atoms with Crippen molar-refractivity contribution in [3.8, 4) is 5.75 Å². The number of unbranched alkanes of at least 4 members (excludes halogenated alkanes) is 2. The molecule has 3 aliphatic carbocycles. The maximum absolute atomic E-state index is 15.5. The summed E-state index contributed by atoms with van der Waals surface area (Å²) in [4.78, 5) is 0. The van der Waals surface area contributed by atoms with Gasteiger partial charge in [0.15, 0.2) is 11.6 Å². The molecule has 5 rings (SSSR count). The first-order valence-electron chi connectivity index (χ1n) is 16.7. The number of fused-ring (bicyclic) bond motifs is 1. The Bertz CT molecular complexity index is 872. The smallest absolute Gasteiger partial charge is 0.201 e. The standard InChI is InChI=1S/C35H54F2O/c1-3-5-6-8-25-11-15-29(16-12-25)32-22-21-30-23-31(33(36)34(37)35(30)38-32)28-19-17-27(18-20-28)26-13-9-24(7-4-2)10-14-26/h23-29,32H,3-22H2,1-2H3. The molecule has 214 valence electrons. The average molecular weight is 529 g/mol. The van der Waals surface area contributed by atoms with Crippen LogP contribution in [0.2, 0.25) is 0 Å². The molecule has 3 saturated carbocycles. The van der Waals surface area contributed by atoms with Gasteiger partial charge in [0.2, 0.25) is 5.82 Å². The number of halogens is 2. The number of aryl methyl sites for hydroxylation is 1. The summed E-state index contributed by atoms with van der Waals surface area (Å²) < 4.78 is 37.2. The Balaban J connectivity index is 1.15. The van der Waals surface area contributed by atoms with Crippen molar-refractivity contribution >= 4 is 0 Å². The summed E-state index contributed by atoms with van der Waals surface area (Å²) in [5, 5.41) is 0. The third-order valence-corrected chi connectivity index (χ3v) is 11.3. The molecule has 0 aromatic heterocycles. The van der Waals surface area contributed by atoms with E-state index < -0.39 is 11.6 Å². The molecule has 38 heavy (non-hydrogen) atoms. The van der Waals surface area contributed by atoms with Crippen LogP contribution in [-0.4, -0.2) is 6.10 Å². The van der Waals surface area contributed by atoms with Gasteiger partial charge >= 0.3 is 0 Å². The maximum atomic E-state index is 15.5. The van der Waals surface area contributed by atoms with Crippen molar-refractivity contribution in [3.63, 3.8) is 0 Å². The number of ether oxygens (including phenoxy) is 1. The van der Waals surface area contributed by atoms with Crippen molar-refractivity contribution in [2.45, 2.75) is 154 Å². The second kappa shape index (κ2) is 13.5. The van der Waals surface area contributed by atoms with Gasteiger partial charge in [-0.25, -0.2) is 4.39 Å². The SMILES string of the molecule is CCCCCC1CCC(C2CCc3cc(C4CCC(C5CCC(CCC)CC5)CC4)c(F)c(F)c3O2)CC1. The van der Waals surface area contributed by atoms with E-state index in [1.165, 1.54) is 103 Å². The number of hydrogen-bond donors (Lipinski definition) is 0. The van der Waals surface area contributed by atoms with Crippen LogP contribution in [0.25, 0.3) is 0 Å². The molecule has 1 aromatic carbocycles. The molecule has 0 N–H and O–H groups in total. The minimum atomic E-state index is -0.702. The number of benzene rings is 1. The van der Waals surface area contributed by atoms with Crippen molar-refractivity contribution < 1.29 is 13.5 Å². The second-order valence-corrected chi connectivity index (χ2v) is 13.7. The van der Waals surface area contributed by atoms with Gasteiger partial charge in [0.05, 0.1) is 0 Å². The molecule has 1 aromatic rings. The van der Waals surface area contributed by atoms with Crippen LogP contribution in [0.1, 0.15) is 153 Å². The second-order valence-electron chi connectivity index (χ2n) is 13.7. The van der Waals surface area contributed by atoms with Gasteiger partial charge < -0.3 is 4.74 Å². The lowest BCUT2D eigenvalue weighted by atomic mass is 9.68. The quantitative estimate of drug-likeness (QED) is 0.290. The molecule has 3 heteroatoms. The van der Waals surface area contributed by atoms with Crippen LogP contribution >= 0.6 is 0 Å². The fourth-order valence-corrected chi connectivity index (χ4v) is 8.92. The van der Waals surface area contributed by atoms with E-state index in [1.54, 1.807) is 0 Å². The van der Waals surface area contributed by atoms with E-state index in [9.17, 15) is 0 Å². The highest BCUT2D eigenvalue weighted by molar-refractivity contribution is 5.43. The van der Waals surface area contributed by atoms with Crippen LogP contribution in [0.4, 0.5) is 8.78 Å². The van der Waals surface area contributed by atoms with E-state index in [1.807, 2.05) is 6.07 Å². The van der Waals surface area contributed by atoms with Gasteiger partial charge in [-0.2, -0.15) is 4.39 Å². The lowest BCUT2D eigenvalue weighted by Gasteiger charge is -2.39. The highest BCUT2D eigenvalue weighted by atomic mass is 19.2. The fourth-order valence-electron chi connectivity index (χ4n) is 8.92. The van der Waals surface area contributed by atoms with E-state index in [2.05, 4.69) is 13.8 Å². The largest absolute Gasteiger partial charge is 0.487 e. The Kier molecular flexibility index (Phi) is 10.1. The maximum Gasteiger partial charge on any atom is 0.201 e. The van der Waals surface area contributed by atoms with Gasteiger partial charge in [-0.15, -0.1) is 0 Å². The molecule has 1 aliphatic heterocycles. The topological polar surface area (TPSA) is 9.23 Å². The molecule has 0 saturated heterocycles. The Morgan fingerprint density at radius 2 is 1.26 bits per heavy atom. The highest BCUT2D eigenvalue weighted by Gasteiger charge is 2.36. The zero-order valence-electron chi connectivity index (χ0n) is 24.4. The first-order chi connectivity index (χ1) is 18.6. The van der Waals surface area contributed by atoms with Crippen LogP contribution in [-0.2, 0) is 6.42 Å². The van der Waals surface area contributed by atoms with Crippen LogP contribution < -0.4 is 4.74 Å². The summed E-state index contributed by atoms with van der Waals surface area (Å²) in [5.74, 6) is 3.06. The molecule has 0 spiro atoms. The molecule has 0 radical (unpaired) electrons. The van der Waals surface area contributed by atoms with Gasteiger partial charge in [0.25, 0.3) is 0 Å². The normalized spacial score (nSPS) is 33.9. The average Bonchev–Trinajstić information content (AvgIpc) is 2.96. The zero-order valence-corrected chi connectivity index (χ0v) is 24.4. The lowest BCUT2D eigenvalue weighted by molar-refractivity contribution is 0.0706. The Morgan fingerprint density at radius 1 is 0.658 bits per heavy atom. The van der Waals surface area contributed by atoms with Crippen LogP contribution in [0.15, 0.2) is 6.07 Å². The minimum Gasteiger partial charge on any atom is -0.487 e. The van der Waals surface area contributed by atoms with Crippen molar-refractivity contribution in [2.75, 3.05) is 0 Å². The third kappa shape index (κ3) is 6.60. The number of hydrogen-bond acceptors (Lipinski definition) is 1. The van der Waals surface area contributed by atoms with E-state index in [0.29, 0.717) is 11.5 Å². The monoisotopic (exact) mass is 528 g/mol. The fraction of sp³-hybridized carbons (Fsp3) is 0.829. The van der Waals surface area contributed by atoms with Crippen molar-refractivity contribution in [1.82, 2.24) is 0 Å². The van der Waals surface area contributed by atoms with Crippen molar-refractivity contribution in [1.29, 1.82) is 0 Å². The Labute approximate surface area is 231 Å². The molecule has 3 fully saturated rings. The summed E-state index contributed by atoms with van der Waals surface area (Å²) in [7, 11) is 0. The van der Waals surface area contributed by atoms with E-state index in [4.69, 9.17) is 4.74 Å². The van der Waals surface area contributed by atoms with Crippen LogP contribution in [0, 0.1) is 41.2 Å². The molecule has 4 aliphatic rings. The number of rotatable bonds is 9. The molecule has 1 nitrogen and oxygen atoms in total.